The van der Waals surface area contributed by atoms with Crippen LogP contribution in [-0.4, -0.2) is 29.9 Å². The van der Waals surface area contributed by atoms with Crippen LogP contribution in [0, 0.1) is 10.1 Å². The Labute approximate surface area is 149 Å². The molecule has 0 aliphatic heterocycles. The number of hydrazine groups is 1. The van der Waals surface area contributed by atoms with Crippen molar-refractivity contribution in [1.29, 1.82) is 0 Å². The first-order chi connectivity index (χ1) is 12.5. The number of amides is 2. The maximum absolute atomic E-state index is 11.9. The lowest BCUT2D eigenvalue weighted by atomic mass is 10.2. The van der Waals surface area contributed by atoms with Gasteiger partial charge in [0.2, 0.25) is 0 Å². The average Bonchev–Trinajstić information content (AvgIpc) is 2.65. The average molecular weight is 358 g/mol. The number of carbonyl (C=O) groups excluding carboxylic acids is 2. The molecule has 0 unspecified atom stereocenters. The van der Waals surface area contributed by atoms with Crippen LogP contribution in [0.15, 0.2) is 48.5 Å². The zero-order chi connectivity index (χ0) is 18.9. The molecule has 2 aromatic carbocycles. The van der Waals surface area contributed by atoms with Gasteiger partial charge in [-0.2, -0.15) is 0 Å². The number of rotatable bonds is 7. The molecule has 0 saturated carbocycles. The summed E-state index contributed by atoms with van der Waals surface area (Å²) in [6.07, 6.45) is 0. The van der Waals surface area contributed by atoms with Crippen molar-refractivity contribution in [2.24, 2.45) is 0 Å². The fourth-order valence-corrected chi connectivity index (χ4v) is 2.07. The van der Waals surface area contributed by atoms with Crippen molar-refractivity contribution in [2.75, 3.05) is 18.5 Å². The Morgan fingerprint density at radius 2 is 1.88 bits per heavy atom. The van der Waals surface area contributed by atoms with Gasteiger partial charge in [-0.3, -0.25) is 30.6 Å². The number of nitro benzene ring substituents is 1. The topological polar surface area (TPSA) is 123 Å². The van der Waals surface area contributed by atoms with Crippen LogP contribution < -0.4 is 20.9 Å². The van der Waals surface area contributed by atoms with Gasteiger partial charge in [-0.05, 0) is 25.1 Å². The molecule has 9 heteroatoms. The number of benzene rings is 2. The van der Waals surface area contributed by atoms with Crippen molar-refractivity contribution in [2.45, 2.75) is 6.92 Å². The molecule has 0 heterocycles. The predicted molar refractivity (Wildman–Crippen MR) is 94.8 cm³/mol. The third kappa shape index (κ3) is 5.20. The van der Waals surface area contributed by atoms with E-state index >= 15 is 0 Å². The van der Waals surface area contributed by atoms with Gasteiger partial charge in [0.15, 0.2) is 0 Å². The second-order valence-electron chi connectivity index (χ2n) is 5.09. The van der Waals surface area contributed by atoms with Crippen LogP contribution in [0.25, 0.3) is 0 Å². The van der Waals surface area contributed by atoms with Crippen LogP contribution >= 0.6 is 0 Å². The first kappa shape index (κ1) is 18.7. The maximum atomic E-state index is 11.9. The van der Waals surface area contributed by atoms with E-state index < -0.39 is 16.7 Å². The number of nitrogens with zero attached hydrogens (tertiary/aromatic N) is 1. The number of carbonyl (C=O) groups is 2. The largest absolute Gasteiger partial charge is 0.492 e. The fraction of sp³-hybridized carbons (Fsp3) is 0.176. The first-order valence-electron chi connectivity index (χ1n) is 7.80. The third-order valence-electron chi connectivity index (χ3n) is 3.26. The van der Waals surface area contributed by atoms with Gasteiger partial charge in [-0.15, -0.1) is 0 Å². The van der Waals surface area contributed by atoms with Crippen LogP contribution in [0.1, 0.15) is 17.3 Å². The highest BCUT2D eigenvalue weighted by Gasteiger charge is 2.12. The Balaban J connectivity index is 1.86. The van der Waals surface area contributed by atoms with Gasteiger partial charge < -0.3 is 10.1 Å². The van der Waals surface area contributed by atoms with E-state index in [1.165, 1.54) is 18.2 Å². The zero-order valence-corrected chi connectivity index (χ0v) is 14.0. The molecule has 9 nitrogen and oxygen atoms in total. The Hall–Kier alpha value is -3.62. The molecule has 0 fully saturated rings. The van der Waals surface area contributed by atoms with Crippen LogP contribution in [-0.2, 0) is 4.79 Å². The van der Waals surface area contributed by atoms with Gasteiger partial charge in [-0.1, -0.05) is 18.2 Å². The Kier molecular flexibility index (Phi) is 6.49. The summed E-state index contributed by atoms with van der Waals surface area (Å²) >= 11 is 0. The van der Waals surface area contributed by atoms with Gasteiger partial charge in [0, 0.05) is 17.7 Å². The van der Waals surface area contributed by atoms with Crippen molar-refractivity contribution in [3.8, 4) is 5.75 Å². The van der Waals surface area contributed by atoms with Gasteiger partial charge in [0.25, 0.3) is 17.5 Å². The van der Waals surface area contributed by atoms with Crippen LogP contribution in [0.4, 0.5) is 11.4 Å². The number of anilines is 1. The van der Waals surface area contributed by atoms with E-state index in [0.29, 0.717) is 18.0 Å². The molecule has 136 valence electrons. The second-order valence-corrected chi connectivity index (χ2v) is 5.09. The molecule has 0 saturated heterocycles. The maximum Gasteiger partial charge on any atom is 0.270 e. The number of nitrogens with one attached hydrogen (secondary N) is 3. The summed E-state index contributed by atoms with van der Waals surface area (Å²) in [6.45, 7) is 2.25. The standard InChI is InChI=1S/C17H18N4O5/c1-2-26-15-9-4-3-8-14(15)18-11-16(22)19-20-17(23)12-6-5-7-13(10-12)21(24)25/h3-10,18H,2,11H2,1H3,(H,19,22)(H,20,23). The summed E-state index contributed by atoms with van der Waals surface area (Å²) in [4.78, 5) is 33.9. The monoisotopic (exact) mass is 358 g/mol. The Bertz CT molecular complexity index is 809. The lowest BCUT2D eigenvalue weighted by molar-refractivity contribution is -0.384. The predicted octanol–water partition coefficient (Wildman–Crippen LogP) is 1.87. The van der Waals surface area contributed by atoms with E-state index in [9.17, 15) is 19.7 Å². The van der Waals surface area contributed by atoms with E-state index in [-0.39, 0.29) is 17.8 Å². The van der Waals surface area contributed by atoms with Gasteiger partial charge in [0.1, 0.15) is 5.75 Å². The highest BCUT2D eigenvalue weighted by molar-refractivity contribution is 5.96. The summed E-state index contributed by atoms with van der Waals surface area (Å²) in [5.74, 6) is -0.532. The van der Waals surface area contributed by atoms with Crippen molar-refractivity contribution in [3.05, 3.63) is 64.2 Å². The SMILES string of the molecule is CCOc1ccccc1NCC(=O)NNC(=O)c1cccc([N+](=O)[O-])c1. The quantitative estimate of drug-likeness (QED) is 0.513. The van der Waals surface area contributed by atoms with E-state index in [4.69, 9.17) is 4.74 Å². The molecule has 0 aromatic heterocycles. The molecular formula is C17H18N4O5. The normalized spacial score (nSPS) is 9.88. The summed E-state index contributed by atoms with van der Waals surface area (Å²) in [6, 6.07) is 12.3. The lowest BCUT2D eigenvalue weighted by Gasteiger charge is -2.12. The third-order valence-corrected chi connectivity index (χ3v) is 3.26. The summed E-state index contributed by atoms with van der Waals surface area (Å²) < 4.78 is 5.44. The molecule has 26 heavy (non-hydrogen) atoms. The molecular weight excluding hydrogens is 340 g/mol. The van der Waals surface area contributed by atoms with Crippen molar-refractivity contribution in [1.82, 2.24) is 10.9 Å². The van der Waals surface area contributed by atoms with E-state index in [1.54, 1.807) is 18.2 Å². The van der Waals surface area contributed by atoms with Crippen LogP contribution in [0.5, 0.6) is 5.75 Å². The second kappa shape index (κ2) is 9.02. The minimum absolute atomic E-state index is 0.0640. The van der Waals surface area contributed by atoms with Crippen molar-refractivity contribution >= 4 is 23.2 Å². The Morgan fingerprint density at radius 1 is 1.12 bits per heavy atom. The molecule has 2 rings (SSSR count). The molecule has 3 N–H and O–H groups in total. The minimum Gasteiger partial charge on any atom is -0.492 e. The van der Waals surface area contributed by atoms with Crippen molar-refractivity contribution < 1.29 is 19.2 Å². The van der Waals surface area contributed by atoms with Gasteiger partial charge >= 0.3 is 0 Å². The smallest absolute Gasteiger partial charge is 0.270 e. The van der Waals surface area contributed by atoms with Gasteiger partial charge in [-0.25, -0.2) is 0 Å². The fourth-order valence-electron chi connectivity index (χ4n) is 2.07. The van der Waals surface area contributed by atoms with E-state index in [2.05, 4.69) is 16.2 Å². The molecule has 0 aliphatic rings. The number of ether oxygens (including phenoxy) is 1. The number of non-ortho nitro benzene ring substituents is 1. The molecule has 0 radical (unpaired) electrons. The highest BCUT2D eigenvalue weighted by Crippen LogP contribution is 2.23. The lowest BCUT2D eigenvalue weighted by Crippen LogP contribution is -2.44. The minimum atomic E-state index is -0.656. The van der Waals surface area contributed by atoms with Crippen LogP contribution in [0.2, 0.25) is 0 Å². The molecule has 0 atom stereocenters. The molecule has 0 spiro atoms. The van der Waals surface area contributed by atoms with Gasteiger partial charge in [0.05, 0.1) is 23.8 Å². The number of nitro groups is 1. The summed E-state index contributed by atoms with van der Waals surface area (Å²) in [5.41, 5.74) is 4.95. The highest BCUT2D eigenvalue weighted by atomic mass is 16.6. The zero-order valence-electron chi connectivity index (χ0n) is 14.0. The van der Waals surface area contributed by atoms with Crippen molar-refractivity contribution in [3.63, 3.8) is 0 Å². The summed E-state index contributed by atoms with van der Waals surface area (Å²) in [7, 11) is 0. The van der Waals surface area contributed by atoms with E-state index in [1.807, 2.05) is 13.0 Å². The van der Waals surface area contributed by atoms with Crippen LogP contribution in [0.3, 0.4) is 0 Å². The number of hydrogen-bond acceptors (Lipinski definition) is 6. The first-order valence-corrected chi connectivity index (χ1v) is 7.80. The molecule has 0 aliphatic carbocycles. The number of para-hydroxylation sites is 2. The molecule has 0 bridgehead atoms. The number of hydrogen-bond donors (Lipinski definition) is 3. The van der Waals surface area contributed by atoms with E-state index in [0.717, 1.165) is 6.07 Å². The summed E-state index contributed by atoms with van der Waals surface area (Å²) in [5, 5.41) is 13.6. The molecule has 2 amide bonds. The Morgan fingerprint density at radius 3 is 2.62 bits per heavy atom. The molecule has 2 aromatic rings.